The van der Waals surface area contributed by atoms with Crippen molar-refractivity contribution in [3.63, 3.8) is 0 Å². The van der Waals surface area contributed by atoms with E-state index in [1.54, 1.807) is 23.1 Å². The number of amides is 1. The van der Waals surface area contributed by atoms with Crippen molar-refractivity contribution >= 4 is 22.5 Å². The smallest absolute Gasteiger partial charge is 0.258 e. The van der Waals surface area contributed by atoms with Gasteiger partial charge in [-0.15, -0.1) is 0 Å². The number of nitrogens with zero attached hydrogens (tertiary/aromatic N) is 3. The molecule has 4 N–H and O–H groups in total. The number of aromatic nitrogens is 4. The Morgan fingerprint density at radius 3 is 2.80 bits per heavy atom. The molecule has 212 valence electrons. The molecule has 1 unspecified atom stereocenters. The fourth-order valence-electron chi connectivity index (χ4n) is 5.61. The number of allylic oxidation sites excluding steroid dienone is 4. The first-order valence-electron chi connectivity index (χ1n) is 14.3. The molecular weight excluding hydrogens is 516 g/mol. The van der Waals surface area contributed by atoms with Crippen molar-refractivity contribution in [1.82, 2.24) is 24.6 Å². The van der Waals surface area contributed by atoms with Gasteiger partial charge in [-0.3, -0.25) is 19.2 Å². The van der Waals surface area contributed by atoms with Crippen LogP contribution in [0.15, 0.2) is 77.5 Å². The number of pyridine rings is 1. The predicted molar refractivity (Wildman–Crippen MR) is 161 cm³/mol. The van der Waals surface area contributed by atoms with Gasteiger partial charge in [-0.25, -0.2) is 0 Å². The third-order valence-corrected chi connectivity index (χ3v) is 8.14. The normalized spacial score (nSPS) is 18.1. The number of hydrogen-bond donors (Lipinski definition) is 4. The first-order valence-corrected chi connectivity index (χ1v) is 14.3. The lowest BCUT2D eigenvalue weighted by molar-refractivity contribution is 0.102. The Morgan fingerprint density at radius 1 is 1.17 bits per heavy atom. The van der Waals surface area contributed by atoms with E-state index in [2.05, 4.69) is 62.6 Å². The predicted octanol–water partition coefficient (Wildman–Crippen LogP) is 4.70. The number of rotatable bonds is 8. The Morgan fingerprint density at radius 2 is 2.02 bits per heavy atom. The zero-order valence-corrected chi connectivity index (χ0v) is 23.3. The molecule has 2 aliphatic rings. The number of hydrogen-bond acceptors (Lipinski definition) is 5. The Bertz CT molecular complexity index is 1670. The number of aliphatic hydroxyl groups excluding tert-OH is 1. The number of likely N-dealkylation sites (tertiary alicyclic amines) is 1. The van der Waals surface area contributed by atoms with Gasteiger partial charge in [-0.05, 0) is 79.6 Å². The van der Waals surface area contributed by atoms with E-state index in [1.165, 1.54) is 17.3 Å². The summed E-state index contributed by atoms with van der Waals surface area (Å²) in [5, 5.41) is 17.7. The van der Waals surface area contributed by atoms with Crippen molar-refractivity contribution < 1.29 is 9.90 Å². The van der Waals surface area contributed by atoms with Gasteiger partial charge in [0.2, 0.25) is 0 Å². The van der Waals surface area contributed by atoms with Gasteiger partial charge < -0.3 is 20.4 Å². The number of aromatic amines is 2. The number of carbonyl (C=O) groups is 1. The van der Waals surface area contributed by atoms with E-state index < -0.39 is 0 Å². The maximum absolute atomic E-state index is 13.0. The van der Waals surface area contributed by atoms with E-state index in [9.17, 15) is 14.7 Å². The minimum absolute atomic E-state index is 0.238. The molecule has 0 spiro atoms. The molecule has 1 amide bonds. The third kappa shape index (κ3) is 6.26. The molecule has 1 aliphatic heterocycles. The highest BCUT2D eigenvalue weighted by atomic mass is 16.3. The molecule has 1 aliphatic carbocycles. The molecule has 9 nitrogen and oxygen atoms in total. The summed E-state index contributed by atoms with van der Waals surface area (Å²) in [5.41, 5.74) is 5.18. The Kier molecular flexibility index (Phi) is 7.71. The third-order valence-electron chi connectivity index (χ3n) is 8.14. The summed E-state index contributed by atoms with van der Waals surface area (Å²) in [7, 11) is 0. The molecule has 1 fully saturated rings. The van der Waals surface area contributed by atoms with Crippen LogP contribution in [-0.2, 0) is 13.1 Å². The van der Waals surface area contributed by atoms with E-state index in [1.807, 2.05) is 12.1 Å². The van der Waals surface area contributed by atoms with Crippen LogP contribution >= 0.6 is 0 Å². The second-order valence-corrected chi connectivity index (χ2v) is 11.4. The minimum Gasteiger partial charge on any atom is -0.396 e. The second kappa shape index (κ2) is 11.7. The molecule has 41 heavy (non-hydrogen) atoms. The lowest BCUT2D eigenvalue weighted by atomic mass is 9.97. The number of aliphatic hydroxyl groups is 1. The summed E-state index contributed by atoms with van der Waals surface area (Å²) >= 11 is 0. The first kappa shape index (κ1) is 27.0. The van der Waals surface area contributed by atoms with E-state index >= 15 is 0 Å². The van der Waals surface area contributed by atoms with Crippen LogP contribution in [-0.4, -0.2) is 55.4 Å². The molecule has 1 atom stereocenters. The Hall–Kier alpha value is -4.21. The van der Waals surface area contributed by atoms with Gasteiger partial charge >= 0.3 is 0 Å². The maximum atomic E-state index is 13.0. The van der Waals surface area contributed by atoms with E-state index in [-0.39, 0.29) is 18.1 Å². The standard InChI is InChI=1S/C32H36N6O3/c1-21-2-4-22(5-3-21)18-38-19-26(15-34-38)31(40)35-27-14-28(32(41)33-16-27)30-13-25-12-24(6-7-29(25)36-30)17-37-10-8-23(20-39)9-11-37/h2,4-7,12-16,19,21,23,36,39H,3,8-11,17-18,20H2,1H3,(H,33,41)(H,35,40). The molecule has 0 bridgehead atoms. The highest BCUT2D eigenvalue weighted by Crippen LogP contribution is 2.26. The molecule has 0 saturated carbocycles. The molecule has 1 saturated heterocycles. The van der Waals surface area contributed by atoms with Crippen LogP contribution in [0.3, 0.4) is 0 Å². The monoisotopic (exact) mass is 552 g/mol. The highest BCUT2D eigenvalue weighted by molar-refractivity contribution is 6.04. The molecule has 9 heteroatoms. The number of anilines is 1. The van der Waals surface area contributed by atoms with Crippen molar-refractivity contribution in [1.29, 1.82) is 0 Å². The topological polar surface area (TPSA) is 119 Å². The van der Waals surface area contributed by atoms with Crippen molar-refractivity contribution in [3.8, 4) is 11.3 Å². The van der Waals surface area contributed by atoms with Crippen LogP contribution in [0.4, 0.5) is 5.69 Å². The summed E-state index contributed by atoms with van der Waals surface area (Å²) in [4.78, 5) is 34.3. The van der Waals surface area contributed by atoms with Gasteiger partial charge in [0.15, 0.2) is 0 Å². The first-order chi connectivity index (χ1) is 19.9. The fraction of sp³-hybridized carbons (Fsp3) is 0.344. The van der Waals surface area contributed by atoms with Crippen molar-refractivity contribution in [2.75, 3.05) is 25.0 Å². The highest BCUT2D eigenvalue weighted by Gasteiger charge is 2.19. The second-order valence-electron chi connectivity index (χ2n) is 11.4. The SMILES string of the molecule is CC1C=CC(Cn2cc(C(=O)Nc3c[nH]c(=O)c(-c4cc5cc(CN6CCC(CO)CC6)ccc5[nH]4)c3)cn2)=CC1. The van der Waals surface area contributed by atoms with Gasteiger partial charge in [0.1, 0.15) is 0 Å². The van der Waals surface area contributed by atoms with Crippen LogP contribution in [0.2, 0.25) is 0 Å². The molecule has 4 aromatic rings. The zero-order chi connectivity index (χ0) is 28.3. The molecule has 1 aromatic carbocycles. The Balaban J connectivity index is 1.14. The summed E-state index contributed by atoms with van der Waals surface area (Å²) in [6.45, 7) is 5.92. The van der Waals surface area contributed by atoms with Crippen LogP contribution in [0, 0.1) is 11.8 Å². The number of H-pyrrole nitrogens is 2. The van der Waals surface area contributed by atoms with Crippen LogP contribution in [0.5, 0.6) is 0 Å². The van der Waals surface area contributed by atoms with Gasteiger partial charge in [0, 0.05) is 36.4 Å². The quantitative estimate of drug-likeness (QED) is 0.253. The molecule has 4 heterocycles. The summed E-state index contributed by atoms with van der Waals surface area (Å²) < 4.78 is 1.76. The average Bonchev–Trinajstić information content (AvgIpc) is 3.63. The van der Waals surface area contributed by atoms with Gasteiger partial charge in [-0.1, -0.05) is 31.2 Å². The lowest BCUT2D eigenvalue weighted by Crippen LogP contribution is -2.34. The molecular formula is C32H36N6O3. The van der Waals surface area contributed by atoms with Crippen LogP contribution < -0.4 is 10.9 Å². The van der Waals surface area contributed by atoms with Crippen molar-refractivity contribution in [3.05, 3.63) is 94.2 Å². The number of piperidine rings is 1. The van der Waals surface area contributed by atoms with Crippen LogP contribution in [0.25, 0.3) is 22.2 Å². The largest absolute Gasteiger partial charge is 0.396 e. The van der Waals surface area contributed by atoms with Gasteiger partial charge in [0.05, 0.1) is 35.2 Å². The van der Waals surface area contributed by atoms with Gasteiger partial charge in [-0.2, -0.15) is 5.10 Å². The molecule has 3 aromatic heterocycles. The number of fused-ring (bicyclic) bond motifs is 1. The average molecular weight is 553 g/mol. The number of nitrogens with one attached hydrogen (secondary N) is 3. The van der Waals surface area contributed by atoms with Gasteiger partial charge in [0.25, 0.3) is 11.5 Å². The maximum Gasteiger partial charge on any atom is 0.258 e. The van der Waals surface area contributed by atoms with E-state index in [4.69, 9.17) is 0 Å². The molecule has 0 radical (unpaired) electrons. The lowest BCUT2D eigenvalue weighted by Gasteiger charge is -2.31. The zero-order valence-electron chi connectivity index (χ0n) is 23.3. The fourth-order valence-corrected chi connectivity index (χ4v) is 5.61. The van der Waals surface area contributed by atoms with Crippen molar-refractivity contribution in [2.45, 2.75) is 39.3 Å². The summed E-state index contributed by atoms with van der Waals surface area (Å²) in [5.74, 6) is 0.677. The Labute approximate surface area is 238 Å². The number of carbonyl (C=O) groups excluding carboxylic acids is 1. The van der Waals surface area contributed by atoms with E-state index in [0.29, 0.717) is 40.9 Å². The summed E-state index contributed by atoms with van der Waals surface area (Å²) in [6.07, 6.45) is 14.4. The minimum atomic E-state index is -0.291. The summed E-state index contributed by atoms with van der Waals surface area (Å²) in [6, 6.07) is 9.99. The van der Waals surface area contributed by atoms with Crippen LogP contribution in [0.1, 0.15) is 42.1 Å². The molecule has 6 rings (SSSR count). The van der Waals surface area contributed by atoms with Crippen molar-refractivity contribution in [2.24, 2.45) is 11.8 Å². The number of benzene rings is 1. The van der Waals surface area contributed by atoms with E-state index in [0.717, 1.165) is 49.8 Å².